The lowest BCUT2D eigenvalue weighted by Crippen LogP contribution is -1.94. The number of nitrogens with one attached hydrogen (secondary N) is 1. The Morgan fingerprint density at radius 3 is 2.14 bits per heavy atom. The number of imidazole rings is 1. The molecule has 3 aromatic heterocycles. The molecular weight excluding hydrogens is 397 g/mol. The number of hydrogen-bond acceptors (Lipinski definition) is 5. The molecule has 2 aromatic carbocycles. The summed E-state index contributed by atoms with van der Waals surface area (Å²) in [5.41, 5.74) is 4.27. The highest BCUT2D eigenvalue weighted by Gasteiger charge is 2.18. The number of tetrazole rings is 1. The zero-order valence-electron chi connectivity index (χ0n) is 14.2. The Labute approximate surface area is 169 Å². The fourth-order valence-electron chi connectivity index (χ4n) is 3.03. The standard InChI is InChI=1S/C19H11Cl2N7/c20-14-5-1-11(2-6-14)16-17(12-3-7-15(21)8-4-12)28-10-13(9-22-19(28)23-16)18-24-26-27-25-18/h1-10H,(H,24,25,26,27). The molecule has 9 heteroatoms. The van der Waals surface area contributed by atoms with Gasteiger partial charge in [-0.1, -0.05) is 47.5 Å². The molecule has 136 valence electrons. The Morgan fingerprint density at radius 2 is 1.50 bits per heavy atom. The number of aromatic amines is 1. The van der Waals surface area contributed by atoms with Gasteiger partial charge in [-0.2, -0.15) is 5.21 Å². The largest absolute Gasteiger partial charge is 0.282 e. The van der Waals surface area contributed by atoms with Crippen molar-refractivity contribution in [3.8, 4) is 33.9 Å². The second-order valence-corrected chi connectivity index (χ2v) is 6.94. The number of rotatable bonds is 3. The van der Waals surface area contributed by atoms with E-state index in [2.05, 4.69) is 25.6 Å². The first-order valence-corrected chi connectivity index (χ1v) is 9.08. The van der Waals surface area contributed by atoms with Crippen LogP contribution >= 0.6 is 23.2 Å². The van der Waals surface area contributed by atoms with Gasteiger partial charge in [0.2, 0.25) is 11.6 Å². The lowest BCUT2D eigenvalue weighted by molar-refractivity contribution is 0.881. The highest BCUT2D eigenvalue weighted by Crippen LogP contribution is 2.34. The molecular formula is C19H11Cl2N7. The van der Waals surface area contributed by atoms with Crippen LogP contribution in [-0.2, 0) is 0 Å². The van der Waals surface area contributed by atoms with Gasteiger partial charge in [0.25, 0.3) is 0 Å². The lowest BCUT2D eigenvalue weighted by atomic mass is 10.0. The third kappa shape index (κ3) is 2.90. The second kappa shape index (κ2) is 6.70. The van der Waals surface area contributed by atoms with Crippen molar-refractivity contribution in [1.82, 2.24) is 35.0 Å². The van der Waals surface area contributed by atoms with Crippen molar-refractivity contribution in [3.63, 3.8) is 0 Å². The van der Waals surface area contributed by atoms with Crippen molar-refractivity contribution in [3.05, 3.63) is 71.0 Å². The van der Waals surface area contributed by atoms with Gasteiger partial charge in [-0.25, -0.2) is 9.97 Å². The summed E-state index contributed by atoms with van der Waals surface area (Å²) in [5, 5.41) is 15.5. The number of aromatic nitrogens is 7. The van der Waals surface area contributed by atoms with Crippen LogP contribution in [0.25, 0.3) is 39.7 Å². The average Bonchev–Trinajstić information content (AvgIpc) is 3.37. The topological polar surface area (TPSA) is 84.6 Å². The van der Waals surface area contributed by atoms with Gasteiger partial charge in [0.15, 0.2) is 0 Å². The summed E-state index contributed by atoms with van der Waals surface area (Å²) >= 11 is 12.1. The van der Waals surface area contributed by atoms with Gasteiger partial charge in [-0.3, -0.25) is 4.40 Å². The van der Waals surface area contributed by atoms with E-state index in [0.29, 0.717) is 21.6 Å². The first kappa shape index (κ1) is 16.9. The van der Waals surface area contributed by atoms with Gasteiger partial charge in [-0.15, -0.1) is 10.2 Å². The monoisotopic (exact) mass is 407 g/mol. The Hall–Kier alpha value is -3.29. The van der Waals surface area contributed by atoms with E-state index in [9.17, 15) is 0 Å². The van der Waals surface area contributed by atoms with Crippen LogP contribution in [0.1, 0.15) is 0 Å². The predicted octanol–water partition coefficient (Wildman–Crippen LogP) is 4.55. The molecule has 0 fully saturated rings. The maximum absolute atomic E-state index is 6.08. The van der Waals surface area contributed by atoms with Gasteiger partial charge in [0.1, 0.15) is 0 Å². The molecule has 0 atom stereocenters. The van der Waals surface area contributed by atoms with Gasteiger partial charge in [0, 0.05) is 33.6 Å². The Kier molecular flexibility index (Phi) is 4.03. The summed E-state index contributed by atoms with van der Waals surface area (Å²) in [6.07, 6.45) is 3.56. The molecule has 0 spiro atoms. The Bertz CT molecular complexity index is 1260. The second-order valence-electron chi connectivity index (χ2n) is 6.07. The van der Waals surface area contributed by atoms with Crippen LogP contribution in [-0.4, -0.2) is 35.0 Å². The molecule has 0 unspecified atom stereocenters. The van der Waals surface area contributed by atoms with Crippen molar-refractivity contribution in [1.29, 1.82) is 0 Å². The predicted molar refractivity (Wildman–Crippen MR) is 107 cm³/mol. The SMILES string of the molecule is Clc1ccc(-c2nc3ncc(-c4nn[nH]n4)cn3c2-c2ccc(Cl)cc2)cc1. The number of benzene rings is 2. The summed E-state index contributed by atoms with van der Waals surface area (Å²) in [5.74, 6) is 1.01. The summed E-state index contributed by atoms with van der Waals surface area (Å²) < 4.78 is 1.92. The zero-order chi connectivity index (χ0) is 19.1. The maximum atomic E-state index is 6.08. The fourth-order valence-corrected chi connectivity index (χ4v) is 3.28. The van der Waals surface area contributed by atoms with E-state index in [0.717, 1.165) is 28.1 Å². The van der Waals surface area contributed by atoms with Crippen molar-refractivity contribution in [2.24, 2.45) is 0 Å². The number of H-pyrrole nitrogens is 1. The van der Waals surface area contributed by atoms with E-state index in [1.165, 1.54) is 0 Å². The molecule has 0 saturated carbocycles. The van der Waals surface area contributed by atoms with Crippen LogP contribution in [0.5, 0.6) is 0 Å². The maximum Gasteiger partial charge on any atom is 0.234 e. The number of hydrogen-bond donors (Lipinski definition) is 1. The van der Waals surface area contributed by atoms with Crippen LogP contribution in [0.4, 0.5) is 0 Å². The molecule has 0 aliphatic carbocycles. The van der Waals surface area contributed by atoms with Crippen LogP contribution in [0.15, 0.2) is 60.9 Å². The number of halogens is 2. The van der Waals surface area contributed by atoms with Crippen molar-refractivity contribution in [2.45, 2.75) is 0 Å². The highest BCUT2D eigenvalue weighted by atomic mass is 35.5. The van der Waals surface area contributed by atoms with Gasteiger partial charge >= 0.3 is 0 Å². The summed E-state index contributed by atoms with van der Waals surface area (Å²) in [6.45, 7) is 0. The van der Waals surface area contributed by atoms with Crippen LogP contribution < -0.4 is 0 Å². The van der Waals surface area contributed by atoms with E-state index in [-0.39, 0.29) is 0 Å². The number of nitrogens with zero attached hydrogens (tertiary/aromatic N) is 6. The third-order valence-electron chi connectivity index (χ3n) is 4.32. The lowest BCUT2D eigenvalue weighted by Gasteiger charge is -2.07. The third-order valence-corrected chi connectivity index (χ3v) is 4.82. The van der Waals surface area contributed by atoms with E-state index >= 15 is 0 Å². The van der Waals surface area contributed by atoms with Crippen molar-refractivity contribution in [2.75, 3.05) is 0 Å². The number of fused-ring (bicyclic) bond motifs is 1. The van der Waals surface area contributed by atoms with E-state index in [4.69, 9.17) is 28.2 Å². The van der Waals surface area contributed by atoms with E-state index in [1.807, 2.05) is 59.1 Å². The molecule has 0 radical (unpaired) electrons. The zero-order valence-corrected chi connectivity index (χ0v) is 15.7. The smallest absolute Gasteiger partial charge is 0.234 e. The van der Waals surface area contributed by atoms with E-state index < -0.39 is 0 Å². The van der Waals surface area contributed by atoms with Crippen LogP contribution in [0.3, 0.4) is 0 Å². The summed E-state index contributed by atoms with van der Waals surface area (Å²) in [6, 6.07) is 15.1. The quantitative estimate of drug-likeness (QED) is 0.474. The molecule has 0 aliphatic rings. The van der Waals surface area contributed by atoms with Gasteiger partial charge < -0.3 is 0 Å². The molecule has 28 heavy (non-hydrogen) atoms. The molecule has 0 bridgehead atoms. The molecule has 3 heterocycles. The van der Waals surface area contributed by atoms with Gasteiger partial charge in [-0.05, 0) is 29.5 Å². The van der Waals surface area contributed by atoms with Gasteiger partial charge in [0.05, 0.1) is 17.0 Å². The van der Waals surface area contributed by atoms with Crippen LogP contribution in [0.2, 0.25) is 10.0 Å². The molecule has 0 aliphatic heterocycles. The normalized spacial score (nSPS) is 11.2. The first-order chi connectivity index (χ1) is 13.7. The molecule has 0 saturated heterocycles. The van der Waals surface area contributed by atoms with Crippen LogP contribution in [0, 0.1) is 0 Å². The van der Waals surface area contributed by atoms with Crippen molar-refractivity contribution >= 4 is 29.0 Å². The first-order valence-electron chi connectivity index (χ1n) is 8.33. The molecule has 5 aromatic rings. The molecule has 7 nitrogen and oxygen atoms in total. The van der Waals surface area contributed by atoms with Crippen molar-refractivity contribution < 1.29 is 0 Å². The Morgan fingerprint density at radius 1 is 0.821 bits per heavy atom. The molecule has 0 amide bonds. The molecule has 1 N–H and O–H groups in total. The van der Waals surface area contributed by atoms with E-state index in [1.54, 1.807) is 6.20 Å². The summed E-state index contributed by atoms with van der Waals surface area (Å²) in [4.78, 5) is 9.23. The minimum Gasteiger partial charge on any atom is -0.282 e. The minimum absolute atomic E-state index is 0.457. The average molecular weight is 408 g/mol. The molecule has 5 rings (SSSR count). The minimum atomic E-state index is 0.457. The summed E-state index contributed by atoms with van der Waals surface area (Å²) in [7, 11) is 0. The highest BCUT2D eigenvalue weighted by molar-refractivity contribution is 6.31. The fraction of sp³-hybridized carbons (Fsp3) is 0. The Balaban J connectivity index is 1.79.